The van der Waals surface area contributed by atoms with Crippen molar-refractivity contribution in [1.29, 1.82) is 0 Å². The van der Waals surface area contributed by atoms with Crippen LogP contribution in [0.2, 0.25) is 0 Å². The molecule has 0 bridgehead atoms. The standard InChI is InChI=1S/C12H20N4O2/c1-2-3-7-18-8-6-14-12(17)10-4-5-11(16-13)15-9-10/h4-5,9H,2-3,6-8,13H2,1H3,(H,14,17)(H,15,16). The van der Waals surface area contributed by atoms with E-state index in [-0.39, 0.29) is 5.91 Å². The minimum absolute atomic E-state index is 0.162. The smallest absolute Gasteiger partial charge is 0.252 e. The van der Waals surface area contributed by atoms with Crippen LogP contribution in [0, 0.1) is 0 Å². The summed E-state index contributed by atoms with van der Waals surface area (Å²) in [6.45, 7) is 3.88. The quantitative estimate of drug-likeness (QED) is 0.363. The first-order chi connectivity index (χ1) is 8.77. The van der Waals surface area contributed by atoms with E-state index in [4.69, 9.17) is 10.6 Å². The molecule has 1 rings (SSSR count). The maximum absolute atomic E-state index is 11.7. The fourth-order valence-corrected chi connectivity index (χ4v) is 1.30. The van der Waals surface area contributed by atoms with Gasteiger partial charge in [-0.15, -0.1) is 0 Å². The van der Waals surface area contributed by atoms with E-state index in [1.807, 2.05) is 0 Å². The maximum atomic E-state index is 11.7. The van der Waals surface area contributed by atoms with Gasteiger partial charge >= 0.3 is 0 Å². The Labute approximate surface area is 107 Å². The molecule has 0 unspecified atom stereocenters. The number of unbranched alkanes of at least 4 members (excludes halogenated alkanes) is 1. The van der Waals surface area contributed by atoms with Crippen LogP contribution in [0.1, 0.15) is 30.1 Å². The predicted molar refractivity (Wildman–Crippen MR) is 70.1 cm³/mol. The molecule has 0 radical (unpaired) electrons. The number of hydrazine groups is 1. The third-order valence-electron chi connectivity index (χ3n) is 2.35. The Hall–Kier alpha value is -1.66. The number of nitrogens with two attached hydrogens (primary N) is 1. The summed E-state index contributed by atoms with van der Waals surface area (Å²) in [5.74, 6) is 5.55. The summed E-state index contributed by atoms with van der Waals surface area (Å²) in [7, 11) is 0. The highest BCUT2D eigenvalue weighted by molar-refractivity contribution is 5.93. The lowest BCUT2D eigenvalue weighted by molar-refractivity contribution is 0.0912. The number of amides is 1. The maximum Gasteiger partial charge on any atom is 0.252 e. The van der Waals surface area contributed by atoms with Crippen molar-refractivity contribution in [2.45, 2.75) is 19.8 Å². The van der Waals surface area contributed by atoms with Gasteiger partial charge in [-0.05, 0) is 18.6 Å². The number of nitrogen functional groups attached to an aromatic ring is 1. The van der Waals surface area contributed by atoms with Crippen LogP contribution in [0.15, 0.2) is 18.3 Å². The summed E-state index contributed by atoms with van der Waals surface area (Å²) >= 11 is 0. The Kier molecular flexibility index (Phi) is 6.75. The highest BCUT2D eigenvalue weighted by Crippen LogP contribution is 2.02. The molecule has 0 aromatic carbocycles. The number of pyridine rings is 1. The molecule has 1 aromatic rings. The summed E-state index contributed by atoms with van der Waals surface area (Å²) in [5.41, 5.74) is 2.90. The molecule has 1 aromatic heterocycles. The molecule has 18 heavy (non-hydrogen) atoms. The van der Waals surface area contributed by atoms with E-state index < -0.39 is 0 Å². The highest BCUT2D eigenvalue weighted by Gasteiger charge is 2.04. The van der Waals surface area contributed by atoms with Gasteiger partial charge in [-0.2, -0.15) is 0 Å². The van der Waals surface area contributed by atoms with Gasteiger partial charge in [-0.25, -0.2) is 10.8 Å². The fraction of sp³-hybridized carbons (Fsp3) is 0.500. The SMILES string of the molecule is CCCCOCCNC(=O)c1ccc(NN)nc1. The van der Waals surface area contributed by atoms with Crippen LogP contribution in [-0.4, -0.2) is 30.6 Å². The van der Waals surface area contributed by atoms with E-state index in [2.05, 4.69) is 22.7 Å². The number of aromatic nitrogens is 1. The lowest BCUT2D eigenvalue weighted by atomic mass is 10.2. The number of carbonyl (C=O) groups excluding carboxylic acids is 1. The molecular formula is C12H20N4O2. The predicted octanol–water partition coefficient (Wildman–Crippen LogP) is 0.914. The molecule has 0 spiro atoms. The topological polar surface area (TPSA) is 89.3 Å². The molecule has 4 N–H and O–H groups in total. The fourth-order valence-electron chi connectivity index (χ4n) is 1.30. The average molecular weight is 252 g/mol. The Balaban J connectivity index is 2.23. The van der Waals surface area contributed by atoms with E-state index in [9.17, 15) is 4.79 Å². The summed E-state index contributed by atoms with van der Waals surface area (Å²) in [6.07, 6.45) is 3.63. The molecule has 0 aliphatic heterocycles. The van der Waals surface area contributed by atoms with Crippen LogP contribution < -0.4 is 16.6 Å². The Morgan fingerprint density at radius 2 is 2.28 bits per heavy atom. The number of nitrogens with one attached hydrogen (secondary N) is 2. The minimum Gasteiger partial charge on any atom is -0.380 e. The summed E-state index contributed by atoms with van der Waals surface area (Å²) in [6, 6.07) is 3.31. The van der Waals surface area contributed by atoms with Gasteiger partial charge in [0, 0.05) is 19.3 Å². The van der Waals surface area contributed by atoms with Crippen LogP contribution in [0.4, 0.5) is 5.82 Å². The zero-order chi connectivity index (χ0) is 13.2. The van der Waals surface area contributed by atoms with E-state index in [0.717, 1.165) is 19.4 Å². The number of carbonyl (C=O) groups is 1. The lowest BCUT2D eigenvalue weighted by Crippen LogP contribution is -2.27. The van der Waals surface area contributed by atoms with Crippen molar-refractivity contribution in [3.05, 3.63) is 23.9 Å². The first kappa shape index (κ1) is 14.4. The average Bonchev–Trinajstić information content (AvgIpc) is 2.42. The molecule has 0 saturated heterocycles. The summed E-state index contributed by atoms with van der Waals surface area (Å²) < 4.78 is 5.34. The van der Waals surface area contributed by atoms with Crippen LogP contribution >= 0.6 is 0 Å². The second-order valence-electron chi connectivity index (χ2n) is 3.80. The Morgan fingerprint density at radius 1 is 1.44 bits per heavy atom. The second-order valence-corrected chi connectivity index (χ2v) is 3.80. The number of ether oxygens (including phenoxy) is 1. The first-order valence-corrected chi connectivity index (χ1v) is 6.06. The van der Waals surface area contributed by atoms with Crippen LogP contribution in [-0.2, 0) is 4.74 Å². The third kappa shape index (κ3) is 5.11. The number of nitrogens with zero attached hydrogens (tertiary/aromatic N) is 1. The van der Waals surface area contributed by atoms with Crippen LogP contribution in [0.5, 0.6) is 0 Å². The molecule has 100 valence electrons. The summed E-state index contributed by atoms with van der Waals surface area (Å²) in [5, 5.41) is 2.76. The van der Waals surface area contributed by atoms with Crippen molar-refractivity contribution in [3.63, 3.8) is 0 Å². The zero-order valence-electron chi connectivity index (χ0n) is 10.6. The number of hydrogen-bond donors (Lipinski definition) is 3. The van der Waals surface area contributed by atoms with Gasteiger partial charge in [0.05, 0.1) is 12.2 Å². The molecule has 6 nitrogen and oxygen atoms in total. The molecule has 1 amide bonds. The molecule has 0 atom stereocenters. The first-order valence-electron chi connectivity index (χ1n) is 6.06. The number of hydrogen-bond acceptors (Lipinski definition) is 5. The highest BCUT2D eigenvalue weighted by atomic mass is 16.5. The van der Waals surface area contributed by atoms with Crippen molar-refractivity contribution >= 4 is 11.7 Å². The largest absolute Gasteiger partial charge is 0.380 e. The van der Waals surface area contributed by atoms with Gasteiger partial charge in [0.25, 0.3) is 5.91 Å². The molecule has 1 heterocycles. The van der Waals surface area contributed by atoms with Gasteiger partial charge in [-0.1, -0.05) is 13.3 Å². The normalized spacial score (nSPS) is 10.1. The monoisotopic (exact) mass is 252 g/mol. The van der Waals surface area contributed by atoms with Crippen molar-refractivity contribution in [3.8, 4) is 0 Å². The van der Waals surface area contributed by atoms with E-state index in [1.165, 1.54) is 6.20 Å². The van der Waals surface area contributed by atoms with Crippen molar-refractivity contribution in [2.24, 2.45) is 5.84 Å². The molecule has 0 aliphatic rings. The molecule has 0 aliphatic carbocycles. The zero-order valence-corrected chi connectivity index (χ0v) is 10.6. The van der Waals surface area contributed by atoms with Crippen molar-refractivity contribution < 1.29 is 9.53 Å². The van der Waals surface area contributed by atoms with Gasteiger partial charge in [0.1, 0.15) is 5.82 Å². The van der Waals surface area contributed by atoms with E-state index >= 15 is 0 Å². The van der Waals surface area contributed by atoms with Gasteiger partial charge in [-0.3, -0.25) is 4.79 Å². The number of anilines is 1. The molecule has 6 heteroatoms. The van der Waals surface area contributed by atoms with Crippen molar-refractivity contribution in [2.75, 3.05) is 25.2 Å². The molecule has 0 saturated carbocycles. The van der Waals surface area contributed by atoms with Crippen LogP contribution in [0.25, 0.3) is 0 Å². The van der Waals surface area contributed by atoms with Crippen molar-refractivity contribution in [1.82, 2.24) is 10.3 Å². The lowest BCUT2D eigenvalue weighted by Gasteiger charge is -2.06. The van der Waals surface area contributed by atoms with Gasteiger partial charge < -0.3 is 15.5 Å². The summed E-state index contributed by atoms with van der Waals surface area (Å²) in [4.78, 5) is 15.6. The Bertz CT molecular complexity index is 354. The third-order valence-corrected chi connectivity index (χ3v) is 2.35. The van der Waals surface area contributed by atoms with E-state index in [0.29, 0.717) is 24.5 Å². The number of rotatable bonds is 8. The van der Waals surface area contributed by atoms with Gasteiger partial charge in [0.2, 0.25) is 0 Å². The second kappa shape index (κ2) is 8.43. The molecule has 0 fully saturated rings. The Morgan fingerprint density at radius 3 is 2.89 bits per heavy atom. The van der Waals surface area contributed by atoms with Crippen LogP contribution in [0.3, 0.4) is 0 Å². The van der Waals surface area contributed by atoms with Gasteiger partial charge in [0.15, 0.2) is 0 Å². The minimum atomic E-state index is -0.162. The molecular weight excluding hydrogens is 232 g/mol. The van der Waals surface area contributed by atoms with E-state index in [1.54, 1.807) is 12.1 Å².